The van der Waals surface area contributed by atoms with Gasteiger partial charge in [0.2, 0.25) is 17.5 Å². The number of ketones is 2. The SMILES string of the molecule is C=C(C)Nc1ccc(CC(=O)c2nc(NCc3ccccc3)c3c(-c4ccccc4)ccn3n2)cc1.CC(=O)c1ccc(-c2nc(NCc3ccccn3)c3c(-c4ccccc4)ccn3n2)cc1.COc1ccc(-c2nc(NCc3ccccn3)c3c(-c4ccccc4)ccn3n2)cn1.CS(=O)(=O)Cc1cncc(-c2nc(NCc3ccccn3)c3c(-c4ccc(F)cc4)ccn3n2)c1. The van der Waals surface area contributed by atoms with Crippen molar-refractivity contribution in [3.8, 4) is 84.6 Å². The van der Waals surface area contributed by atoms with Crippen molar-refractivity contribution >= 4 is 72.4 Å². The number of aromatic nitrogens is 17. The number of carbonyl (C=O) groups excluding carboxylic acids is 2. The van der Waals surface area contributed by atoms with Gasteiger partial charge >= 0.3 is 0 Å². The highest BCUT2D eigenvalue weighted by Gasteiger charge is 2.24. The maximum atomic E-state index is 13.5. The Bertz CT molecular complexity index is 7600. The molecule has 0 atom stereocenters. The molecule has 7 aromatic carbocycles. The number of Topliss-reactive ketones (excluding diaryl/α,β-unsaturated/α-hetero) is 2. The van der Waals surface area contributed by atoms with E-state index in [4.69, 9.17) is 34.9 Å². The molecule has 5 N–H and O–H groups in total. The van der Waals surface area contributed by atoms with E-state index in [0.29, 0.717) is 77.9 Å². The van der Waals surface area contributed by atoms with Gasteiger partial charge in [-0.3, -0.25) is 29.5 Å². The van der Waals surface area contributed by atoms with E-state index in [9.17, 15) is 22.4 Å². The molecule has 0 aliphatic heterocycles. The highest BCUT2D eigenvalue weighted by Crippen LogP contribution is 2.37. The fourth-order valence-electron chi connectivity index (χ4n) is 15.0. The lowest BCUT2D eigenvalue weighted by Gasteiger charge is -2.12. The number of rotatable bonds is 28. The van der Waals surface area contributed by atoms with Crippen molar-refractivity contribution in [3.63, 3.8) is 0 Å². The Morgan fingerprint density at radius 2 is 0.806 bits per heavy atom. The Labute approximate surface area is 771 Å². The molecular formula is C105H89FN22O5S. The van der Waals surface area contributed by atoms with Crippen molar-refractivity contribution in [2.75, 3.05) is 39.9 Å². The van der Waals surface area contributed by atoms with Gasteiger partial charge in [0.15, 0.2) is 56.4 Å². The second-order valence-electron chi connectivity index (χ2n) is 31.3. The van der Waals surface area contributed by atoms with Crippen LogP contribution >= 0.6 is 0 Å². The van der Waals surface area contributed by atoms with Crippen LogP contribution in [0.5, 0.6) is 5.88 Å². The summed E-state index contributed by atoms with van der Waals surface area (Å²) in [5.74, 6) is 4.33. The van der Waals surface area contributed by atoms with Gasteiger partial charge in [0, 0.05) is 143 Å². The largest absolute Gasteiger partial charge is 0.481 e. The Morgan fingerprint density at radius 3 is 1.23 bits per heavy atom. The number of methoxy groups -OCH3 is 1. The molecule has 0 spiro atoms. The molecule has 0 bridgehead atoms. The van der Waals surface area contributed by atoms with E-state index in [-0.39, 0.29) is 35.4 Å². The number of ether oxygens (including phenoxy) is 1. The van der Waals surface area contributed by atoms with Crippen molar-refractivity contribution < 1.29 is 27.1 Å². The number of hydrogen-bond acceptors (Lipinski definition) is 23. The first-order chi connectivity index (χ1) is 65.4. The minimum absolute atomic E-state index is 0.0311. The predicted octanol–water partition coefficient (Wildman–Crippen LogP) is 20.3. The highest BCUT2D eigenvalue weighted by molar-refractivity contribution is 7.89. The van der Waals surface area contributed by atoms with Gasteiger partial charge in [-0.2, -0.15) is 0 Å². The Balaban J connectivity index is 0.000000125. The number of nitrogens with zero attached hydrogens (tertiary/aromatic N) is 17. The average Bonchev–Trinajstić information content (AvgIpc) is 1.59. The van der Waals surface area contributed by atoms with E-state index in [1.807, 2.05) is 223 Å². The number of halogens is 1. The van der Waals surface area contributed by atoms with Gasteiger partial charge in [-0.05, 0) is 150 Å². The first-order valence-corrected chi connectivity index (χ1v) is 45.0. The van der Waals surface area contributed by atoms with Gasteiger partial charge in [0.25, 0.3) is 0 Å². The summed E-state index contributed by atoms with van der Waals surface area (Å²) in [7, 11) is -1.63. The number of allylic oxidation sites excluding steroid dienone is 1. The number of sulfone groups is 1. The fourth-order valence-corrected chi connectivity index (χ4v) is 15.8. The van der Waals surface area contributed by atoms with Gasteiger partial charge < -0.3 is 31.3 Å². The van der Waals surface area contributed by atoms with E-state index in [0.717, 1.165) is 129 Å². The van der Waals surface area contributed by atoms with E-state index < -0.39 is 9.84 Å². The minimum Gasteiger partial charge on any atom is -0.481 e. The normalized spacial score (nSPS) is 11.1. The van der Waals surface area contributed by atoms with Crippen molar-refractivity contribution in [2.24, 2.45) is 0 Å². The lowest BCUT2D eigenvalue weighted by molar-refractivity contribution is 0.0979. The summed E-state index contributed by atoms with van der Waals surface area (Å²) in [6.07, 6.45) is 19.1. The molecule has 20 aromatic rings. The monoisotopic (exact) mass is 1790 g/mol. The summed E-state index contributed by atoms with van der Waals surface area (Å²) in [4.78, 5) is 65.7. The number of benzene rings is 7. The average molecular weight is 1790 g/mol. The van der Waals surface area contributed by atoms with Crippen molar-refractivity contribution in [1.82, 2.24) is 83.3 Å². The third kappa shape index (κ3) is 21.9. The molecule has 0 saturated heterocycles. The standard InChI is InChI=1S/C30H27N5O.C26H21N5O.C25H21FN6O2S.C24H20N6O/c1-21(2)32-25-15-13-22(14-16-25)19-27(36)29-33-30(31-20-23-9-5-3-6-10-23)28-26(17-18-35(28)34-29)24-11-7-4-8-12-24;1-18(32)19-10-12-21(13-11-19)25-29-26(28-17-22-9-5-6-15-27-22)24-23(14-16-31(24)30-25)20-7-3-2-4-8-20;1-35(33,34)16-17-12-19(14-27-13-17)24-30-25(29-15-21-4-2-3-10-28-21)23-22(9-11-32(23)31-24)18-5-7-20(26)8-6-18;1-31-21-11-10-18(15-26-21)23-28-24(27-16-19-9-5-6-13-25-19)22-20(12-14-30(22)29-23)17-7-3-2-4-8-17/h3-18,32H,1,19-20H2,2H3,(H,31,33,34);2-16H,17H2,1H3,(H,28,29,30);2-14H,15-16H2,1H3,(H,29,30,31);2-15H,16H2,1H3,(H,27,28,29). The molecule has 27 nitrogen and oxygen atoms in total. The maximum Gasteiger partial charge on any atom is 0.218 e. The zero-order chi connectivity index (χ0) is 92.3. The summed E-state index contributed by atoms with van der Waals surface area (Å²) in [5, 5.41) is 35.6. The number of anilines is 5. The molecule has 13 heterocycles. The van der Waals surface area contributed by atoms with Crippen LogP contribution in [-0.4, -0.2) is 117 Å². The van der Waals surface area contributed by atoms with Gasteiger partial charge in [-0.1, -0.05) is 195 Å². The molecule has 0 fully saturated rings. The Hall–Kier alpha value is -17.5. The molecule has 134 heavy (non-hydrogen) atoms. The van der Waals surface area contributed by atoms with Crippen LogP contribution in [0.2, 0.25) is 0 Å². The van der Waals surface area contributed by atoms with Crippen LogP contribution in [0.15, 0.2) is 365 Å². The highest BCUT2D eigenvalue weighted by atomic mass is 32.2. The Morgan fingerprint density at radius 1 is 0.396 bits per heavy atom. The van der Waals surface area contributed by atoms with Gasteiger partial charge in [-0.25, -0.2) is 55.8 Å². The quantitative estimate of drug-likeness (QED) is 0.0284. The molecular weight excluding hydrogens is 1700 g/mol. The summed E-state index contributed by atoms with van der Waals surface area (Å²) in [6.45, 7) is 9.41. The number of fused-ring (bicyclic) bond motifs is 4. The summed E-state index contributed by atoms with van der Waals surface area (Å²) < 4.78 is 49.3. The third-order valence-corrected chi connectivity index (χ3v) is 22.3. The van der Waals surface area contributed by atoms with E-state index in [2.05, 4.69) is 123 Å². The van der Waals surface area contributed by atoms with Crippen molar-refractivity contribution in [2.45, 2.75) is 52.2 Å². The molecule has 0 aliphatic rings. The zero-order valence-electron chi connectivity index (χ0n) is 73.4. The Kier molecular flexibility index (Phi) is 27.3. The first kappa shape index (κ1) is 88.6. The van der Waals surface area contributed by atoms with Gasteiger partial charge in [0.1, 0.15) is 27.9 Å². The molecule has 29 heteroatoms. The van der Waals surface area contributed by atoms with Crippen LogP contribution in [-0.2, 0) is 48.2 Å². The molecule has 0 unspecified atom stereocenters. The van der Waals surface area contributed by atoms with Crippen molar-refractivity contribution in [1.29, 1.82) is 0 Å². The fraction of sp³-hybridized carbons (Fsp3) is 0.0952. The maximum absolute atomic E-state index is 13.5. The van der Waals surface area contributed by atoms with Gasteiger partial charge in [0.05, 0.1) is 49.6 Å². The second kappa shape index (κ2) is 41.3. The lowest BCUT2D eigenvalue weighted by Crippen LogP contribution is -2.14. The molecule has 20 rings (SSSR count). The molecule has 0 saturated carbocycles. The summed E-state index contributed by atoms with van der Waals surface area (Å²) in [5.41, 5.74) is 21.3. The minimum atomic E-state index is -3.22. The first-order valence-electron chi connectivity index (χ1n) is 42.9. The number of nitrogens with one attached hydrogen (secondary N) is 5. The lowest BCUT2D eigenvalue weighted by atomic mass is 10.1. The molecule has 0 radical (unpaired) electrons. The second-order valence-corrected chi connectivity index (χ2v) is 33.4. The van der Waals surface area contributed by atoms with Crippen molar-refractivity contribution in [3.05, 3.63) is 416 Å². The molecule has 0 aliphatic carbocycles. The van der Waals surface area contributed by atoms with Gasteiger partial charge in [-0.15, -0.1) is 20.4 Å². The number of pyridine rings is 5. The van der Waals surface area contributed by atoms with E-state index in [1.165, 1.54) is 24.6 Å². The zero-order valence-corrected chi connectivity index (χ0v) is 74.2. The van der Waals surface area contributed by atoms with Crippen LogP contribution < -0.4 is 31.3 Å². The summed E-state index contributed by atoms with van der Waals surface area (Å²) >= 11 is 0. The van der Waals surface area contributed by atoms with Crippen LogP contribution in [0.25, 0.3) is 101 Å². The van der Waals surface area contributed by atoms with E-state index >= 15 is 0 Å². The molecule has 13 aromatic heterocycles. The molecule has 662 valence electrons. The third-order valence-electron chi connectivity index (χ3n) is 21.4. The van der Waals surface area contributed by atoms with Crippen LogP contribution in [0.4, 0.5) is 33.3 Å². The number of carbonyl (C=O) groups is 2. The van der Waals surface area contributed by atoms with Crippen LogP contribution in [0.3, 0.4) is 0 Å². The predicted molar refractivity (Wildman–Crippen MR) is 522 cm³/mol. The van der Waals surface area contributed by atoms with Crippen LogP contribution in [0.1, 0.15) is 68.6 Å². The number of hydrogen-bond donors (Lipinski definition) is 5. The van der Waals surface area contributed by atoms with Crippen LogP contribution in [0, 0.1) is 5.82 Å². The van der Waals surface area contributed by atoms with E-state index in [1.54, 1.807) is 96.6 Å². The molecule has 0 amide bonds. The topological polar surface area (TPSA) is 323 Å². The smallest absolute Gasteiger partial charge is 0.218 e. The summed E-state index contributed by atoms with van der Waals surface area (Å²) in [6, 6.07) is 92.8.